The highest BCUT2D eigenvalue weighted by Crippen LogP contribution is 2.41. The first-order chi connectivity index (χ1) is 6.17. The Hall–Kier alpha value is -0.640. The second-order valence-electron chi connectivity index (χ2n) is 3.95. The Morgan fingerprint density at radius 3 is 3.00 bits per heavy atom. The molecule has 0 aromatic carbocycles. The Kier molecular flexibility index (Phi) is 2.02. The molecule has 1 heterocycles. The number of ether oxygens (including phenoxy) is 1. The molecule has 2 aliphatic rings. The zero-order chi connectivity index (χ0) is 9.47. The molecule has 2 rings (SSSR count). The highest BCUT2D eigenvalue weighted by atomic mass is 32.1. The number of esters is 1. The van der Waals surface area contributed by atoms with Crippen LogP contribution in [0.15, 0.2) is 0 Å². The fraction of sp³-hybridized carbons (Fsp3) is 0.778. The molecule has 0 unspecified atom stereocenters. The van der Waals surface area contributed by atoms with Crippen molar-refractivity contribution in [3.05, 3.63) is 0 Å². The van der Waals surface area contributed by atoms with Crippen molar-refractivity contribution in [1.29, 1.82) is 0 Å². The van der Waals surface area contributed by atoms with E-state index in [9.17, 15) is 9.00 Å². The minimum atomic E-state index is -0.380. The van der Waals surface area contributed by atoms with Gasteiger partial charge in [-0.05, 0) is 26.2 Å². The summed E-state index contributed by atoms with van der Waals surface area (Å²) in [6, 6.07) is 0. The van der Waals surface area contributed by atoms with Crippen molar-refractivity contribution >= 4 is 22.1 Å². The third-order valence-electron chi connectivity index (χ3n) is 3.09. The second-order valence-corrected chi connectivity index (χ2v) is 4.55. The predicted octanol–water partition coefficient (Wildman–Crippen LogP) is 0.878. The van der Waals surface area contributed by atoms with E-state index in [1.54, 1.807) is 0 Å². The first kappa shape index (κ1) is 8.94. The first-order valence-corrected chi connectivity index (χ1v) is 5.31. The van der Waals surface area contributed by atoms with Crippen molar-refractivity contribution in [2.75, 3.05) is 0 Å². The van der Waals surface area contributed by atoms with Gasteiger partial charge >= 0.3 is 5.97 Å². The molecule has 0 aromatic rings. The van der Waals surface area contributed by atoms with Gasteiger partial charge in [0.05, 0.1) is 0 Å². The van der Waals surface area contributed by atoms with Gasteiger partial charge < -0.3 is 4.74 Å². The average molecular weight is 200 g/mol. The SMILES string of the molecule is C[C@]12CCCC[C@@H]1C(=S=O)C(=O)O2. The van der Waals surface area contributed by atoms with Crippen molar-refractivity contribution in [2.24, 2.45) is 5.92 Å². The van der Waals surface area contributed by atoms with Crippen molar-refractivity contribution < 1.29 is 13.7 Å². The smallest absolute Gasteiger partial charge is 0.348 e. The topological polar surface area (TPSA) is 43.4 Å². The molecule has 3 nitrogen and oxygen atoms in total. The summed E-state index contributed by atoms with van der Waals surface area (Å²) in [5.74, 6) is -0.314. The number of rotatable bonds is 0. The lowest BCUT2D eigenvalue weighted by Gasteiger charge is -2.32. The van der Waals surface area contributed by atoms with Crippen LogP contribution in [0, 0.1) is 5.92 Å². The van der Waals surface area contributed by atoms with Crippen LogP contribution in [0.1, 0.15) is 32.6 Å². The summed E-state index contributed by atoms with van der Waals surface area (Å²) in [6.45, 7) is 1.94. The van der Waals surface area contributed by atoms with Gasteiger partial charge in [-0.15, -0.1) is 0 Å². The lowest BCUT2D eigenvalue weighted by molar-refractivity contribution is -0.147. The van der Waals surface area contributed by atoms with E-state index in [0.717, 1.165) is 25.7 Å². The van der Waals surface area contributed by atoms with Gasteiger partial charge in [-0.2, -0.15) is 0 Å². The van der Waals surface area contributed by atoms with Crippen molar-refractivity contribution in [2.45, 2.75) is 38.2 Å². The third kappa shape index (κ3) is 1.24. The first-order valence-electron chi connectivity index (χ1n) is 4.57. The largest absolute Gasteiger partial charge is 0.455 e. The lowest BCUT2D eigenvalue weighted by Crippen LogP contribution is -2.36. The van der Waals surface area contributed by atoms with Gasteiger partial charge in [0, 0.05) is 5.92 Å². The number of hydrogen-bond donors (Lipinski definition) is 0. The van der Waals surface area contributed by atoms with Crippen molar-refractivity contribution in [3.63, 3.8) is 0 Å². The zero-order valence-corrected chi connectivity index (χ0v) is 8.36. The normalized spacial score (nSPS) is 38.4. The fourth-order valence-electron chi connectivity index (χ4n) is 2.33. The van der Waals surface area contributed by atoms with Gasteiger partial charge in [0.25, 0.3) is 0 Å². The molecule has 0 spiro atoms. The molecule has 0 N–H and O–H groups in total. The van der Waals surface area contributed by atoms with E-state index >= 15 is 0 Å². The summed E-state index contributed by atoms with van der Waals surface area (Å²) in [5.41, 5.74) is -0.373. The van der Waals surface area contributed by atoms with Crippen molar-refractivity contribution in [1.82, 2.24) is 0 Å². The van der Waals surface area contributed by atoms with E-state index in [0.29, 0.717) is 16.1 Å². The van der Waals surface area contributed by atoms with Gasteiger partial charge in [-0.25, -0.2) is 9.00 Å². The van der Waals surface area contributed by atoms with E-state index in [-0.39, 0.29) is 17.5 Å². The Bertz CT molecular complexity index is 306. The number of hydrogen-bond acceptors (Lipinski definition) is 3. The molecule has 1 saturated heterocycles. The molecule has 0 aromatic heterocycles. The van der Waals surface area contributed by atoms with Crippen LogP contribution in [0.5, 0.6) is 0 Å². The summed E-state index contributed by atoms with van der Waals surface area (Å²) in [7, 11) is 0. The van der Waals surface area contributed by atoms with Crippen LogP contribution in [0.3, 0.4) is 0 Å². The van der Waals surface area contributed by atoms with Crippen LogP contribution in [-0.4, -0.2) is 20.6 Å². The van der Waals surface area contributed by atoms with Gasteiger partial charge in [0.2, 0.25) is 0 Å². The Morgan fingerprint density at radius 2 is 2.31 bits per heavy atom. The standard InChI is InChI=1S/C9H12O3S/c1-9-5-3-2-4-6(9)7(13-11)8(10)12-9/h6H,2-5H2,1H3/t6-,9+/m1/s1. The van der Waals surface area contributed by atoms with E-state index in [1.807, 2.05) is 6.92 Å². The molecule has 0 bridgehead atoms. The Labute approximate surface area is 80.5 Å². The van der Waals surface area contributed by atoms with Crippen molar-refractivity contribution in [3.8, 4) is 0 Å². The van der Waals surface area contributed by atoms with Crippen LogP contribution in [-0.2, 0) is 20.8 Å². The second kappa shape index (κ2) is 2.94. The summed E-state index contributed by atoms with van der Waals surface area (Å²) in [4.78, 5) is 11.7. The number of carbonyl (C=O) groups is 1. The molecule has 4 heteroatoms. The summed E-state index contributed by atoms with van der Waals surface area (Å²) < 4.78 is 16.0. The maximum Gasteiger partial charge on any atom is 0.348 e. The van der Waals surface area contributed by atoms with Gasteiger partial charge in [0.1, 0.15) is 21.7 Å². The van der Waals surface area contributed by atoms with Crippen LogP contribution in [0.4, 0.5) is 0 Å². The molecular formula is C9H12O3S. The van der Waals surface area contributed by atoms with E-state index in [4.69, 9.17) is 4.74 Å². The van der Waals surface area contributed by atoms with Crippen LogP contribution in [0.2, 0.25) is 0 Å². The zero-order valence-electron chi connectivity index (χ0n) is 7.54. The monoisotopic (exact) mass is 200 g/mol. The van der Waals surface area contributed by atoms with E-state index in [2.05, 4.69) is 0 Å². The Balaban J connectivity index is 2.38. The lowest BCUT2D eigenvalue weighted by atomic mass is 9.77. The van der Waals surface area contributed by atoms with Crippen LogP contribution < -0.4 is 0 Å². The number of fused-ring (bicyclic) bond motifs is 1. The van der Waals surface area contributed by atoms with Gasteiger partial charge in [0.15, 0.2) is 0 Å². The molecule has 2 atom stereocenters. The van der Waals surface area contributed by atoms with Crippen LogP contribution in [0.25, 0.3) is 0 Å². The molecule has 0 amide bonds. The van der Waals surface area contributed by atoms with Gasteiger partial charge in [-0.1, -0.05) is 6.42 Å². The minimum Gasteiger partial charge on any atom is -0.455 e. The molecule has 13 heavy (non-hydrogen) atoms. The van der Waals surface area contributed by atoms with E-state index < -0.39 is 0 Å². The Morgan fingerprint density at radius 1 is 1.54 bits per heavy atom. The molecular weight excluding hydrogens is 188 g/mol. The molecule has 1 saturated carbocycles. The highest BCUT2D eigenvalue weighted by molar-refractivity contribution is 7.68. The van der Waals surface area contributed by atoms with E-state index in [1.165, 1.54) is 0 Å². The molecule has 72 valence electrons. The maximum atomic E-state index is 11.3. The summed E-state index contributed by atoms with van der Waals surface area (Å²) in [6.07, 6.45) is 4.01. The predicted molar refractivity (Wildman–Crippen MR) is 49.6 cm³/mol. The molecule has 2 fully saturated rings. The molecule has 0 radical (unpaired) electrons. The van der Waals surface area contributed by atoms with Gasteiger partial charge in [-0.3, -0.25) is 0 Å². The van der Waals surface area contributed by atoms with Crippen LogP contribution >= 0.6 is 0 Å². The summed E-state index contributed by atoms with van der Waals surface area (Å²) in [5, 5.41) is 0. The fourth-order valence-corrected chi connectivity index (χ4v) is 2.92. The quantitative estimate of drug-likeness (QED) is 0.430. The summed E-state index contributed by atoms with van der Waals surface area (Å²) >= 11 is 0.317. The average Bonchev–Trinajstić information content (AvgIpc) is 2.34. The number of carbonyl (C=O) groups excluding carboxylic acids is 1. The molecule has 1 aliphatic carbocycles. The maximum absolute atomic E-state index is 11.3. The third-order valence-corrected chi connectivity index (χ3v) is 3.72. The molecule has 1 aliphatic heterocycles. The highest BCUT2D eigenvalue weighted by Gasteiger charge is 2.51. The minimum absolute atomic E-state index is 0.0660.